The number of allylic oxidation sites excluding steroid dienone is 13. The quantitative estimate of drug-likeness (QED) is 0.189. The van der Waals surface area contributed by atoms with E-state index in [1.54, 1.807) is 5.56 Å². The number of para-hydroxylation sites is 1. The van der Waals surface area contributed by atoms with Crippen LogP contribution in [-0.4, -0.2) is 4.57 Å². The van der Waals surface area contributed by atoms with Crippen LogP contribution < -0.4 is 0 Å². The van der Waals surface area contributed by atoms with Crippen molar-refractivity contribution in [3.8, 4) is 11.3 Å². The maximum absolute atomic E-state index is 2.65. The summed E-state index contributed by atoms with van der Waals surface area (Å²) in [5, 5.41) is 4.19. The molecule has 10 rings (SSSR count). The maximum atomic E-state index is 2.65. The van der Waals surface area contributed by atoms with Gasteiger partial charge in [0.25, 0.3) is 0 Å². The smallest absolute Gasteiger partial charge is 0.0616 e. The van der Waals surface area contributed by atoms with E-state index < -0.39 is 0 Å². The van der Waals surface area contributed by atoms with Gasteiger partial charge in [-0.05, 0) is 87.2 Å². The highest BCUT2D eigenvalue weighted by Gasteiger charge is 2.39. The molecule has 4 aromatic carbocycles. The normalized spacial score (nSPS) is 24.3. The predicted octanol–water partition coefficient (Wildman–Crippen LogP) is 11.7. The fraction of sp³-hybridized carbons (Fsp3) is 0.174. The molecule has 0 saturated carbocycles. The lowest BCUT2D eigenvalue weighted by Gasteiger charge is -2.32. The highest BCUT2D eigenvalue weighted by Crippen LogP contribution is 2.55. The molecular weight excluding hydrogens is 567 g/mol. The number of aromatic nitrogens is 1. The molecule has 5 aromatic rings. The van der Waals surface area contributed by atoms with E-state index in [9.17, 15) is 0 Å². The zero-order valence-corrected chi connectivity index (χ0v) is 27.0. The Morgan fingerprint density at radius 1 is 0.830 bits per heavy atom. The number of hydrogen-bond donors (Lipinski definition) is 0. The van der Waals surface area contributed by atoms with Crippen LogP contribution in [0, 0.1) is 5.92 Å². The van der Waals surface area contributed by atoms with Gasteiger partial charge in [0, 0.05) is 46.4 Å². The van der Waals surface area contributed by atoms with Crippen LogP contribution in [0.15, 0.2) is 139 Å². The van der Waals surface area contributed by atoms with Crippen LogP contribution in [0.4, 0.5) is 0 Å². The summed E-state index contributed by atoms with van der Waals surface area (Å²) in [6.45, 7) is 4.50. The number of rotatable bonds is 2. The first-order valence-electron chi connectivity index (χ1n) is 17.4. The van der Waals surface area contributed by atoms with Crippen molar-refractivity contribution in [2.45, 2.75) is 44.9 Å². The van der Waals surface area contributed by atoms with Crippen LogP contribution in [-0.2, 0) is 12.8 Å². The third-order valence-corrected chi connectivity index (χ3v) is 11.5. The highest BCUT2D eigenvalue weighted by atomic mass is 15.0. The zero-order valence-electron chi connectivity index (χ0n) is 27.0. The summed E-state index contributed by atoms with van der Waals surface area (Å²) in [4.78, 5) is 0. The Hall–Kier alpha value is -5.14. The van der Waals surface area contributed by atoms with E-state index >= 15 is 0 Å². The molecular formula is C46H37N. The van der Waals surface area contributed by atoms with Gasteiger partial charge in [0.1, 0.15) is 0 Å². The van der Waals surface area contributed by atoms with E-state index in [1.165, 1.54) is 83.2 Å². The van der Waals surface area contributed by atoms with Gasteiger partial charge in [-0.2, -0.15) is 0 Å². The minimum absolute atomic E-state index is 0.219. The Bertz CT molecular complexity index is 2410. The minimum atomic E-state index is 0.219. The minimum Gasteiger partial charge on any atom is -0.312 e. The Balaban J connectivity index is 1.27. The molecule has 0 amide bonds. The monoisotopic (exact) mass is 603 g/mol. The van der Waals surface area contributed by atoms with Crippen molar-refractivity contribution in [1.29, 1.82) is 0 Å². The van der Waals surface area contributed by atoms with Crippen LogP contribution in [0.1, 0.15) is 65.5 Å². The van der Waals surface area contributed by atoms with Gasteiger partial charge < -0.3 is 4.57 Å². The molecule has 3 atom stereocenters. The average molecular weight is 604 g/mol. The Morgan fingerprint density at radius 3 is 2.51 bits per heavy atom. The van der Waals surface area contributed by atoms with Crippen LogP contribution in [0.2, 0.25) is 0 Å². The van der Waals surface area contributed by atoms with Crippen LogP contribution in [0.25, 0.3) is 50.3 Å². The van der Waals surface area contributed by atoms with Gasteiger partial charge in [-0.25, -0.2) is 0 Å². The summed E-state index contributed by atoms with van der Waals surface area (Å²) in [5.74, 6) is 0.867. The van der Waals surface area contributed by atoms with Crippen molar-refractivity contribution < 1.29 is 0 Å². The van der Waals surface area contributed by atoms with E-state index in [-0.39, 0.29) is 11.8 Å². The van der Waals surface area contributed by atoms with Gasteiger partial charge in [0.2, 0.25) is 0 Å². The van der Waals surface area contributed by atoms with Gasteiger partial charge >= 0.3 is 0 Å². The molecule has 47 heavy (non-hydrogen) atoms. The fourth-order valence-electron chi connectivity index (χ4n) is 9.47. The topological polar surface area (TPSA) is 4.93 Å². The molecule has 5 aliphatic rings. The molecule has 1 heteroatoms. The third kappa shape index (κ3) is 3.72. The number of hydrogen-bond acceptors (Lipinski definition) is 0. The van der Waals surface area contributed by atoms with E-state index in [0.29, 0.717) is 5.92 Å². The molecule has 1 nitrogen and oxygen atoms in total. The van der Waals surface area contributed by atoms with Crippen molar-refractivity contribution in [2.75, 3.05) is 0 Å². The predicted molar refractivity (Wildman–Crippen MR) is 199 cm³/mol. The number of fused-ring (bicyclic) bond motifs is 11. The molecule has 0 saturated heterocycles. The van der Waals surface area contributed by atoms with E-state index in [1.807, 2.05) is 0 Å². The van der Waals surface area contributed by atoms with Gasteiger partial charge in [-0.15, -0.1) is 0 Å². The molecule has 0 N–H and O–H groups in total. The Kier molecular flexibility index (Phi) is 5.85. The second-order valence-electron chi connectivity index (χ2n) is 13.7. The average Bonchev–Trinajstić information content (AvgIpc) is 3.21. The third-order valence-electron chi connectivity index (χ3n) is 11.5. The van der Waals surface area contributed by atoms with Crippen LogP contribution >= 0.6 is 0 Å². The largest absolute Gasteiger partial charge is 0.312 e. The van der Waals surface area contributed by atoms with Crippen molar-refractivity contribution in [3.63, 3.8) is 0 Å². The summed E-state index contributed by atoms with van der Waals surface area (Å²) in [5.41, 5.74) is 18.4. The number of benzene rings is 4. The zero-order chi connectivity index (χ0) is 31.2. The van der Waals surface area contributed by atoms with E-state index in [4.69, 9.17) is 0 Å². The van der Waals surface area contributed by atoms with Crippen LogP contribution in [0.5, 0.6) is 0 Å². The summed E-state index contributed by atoms with van der Waals surface area (Å²) in [6, 6.07) is 27.3. The number of nitrogens with zero attached hydrogens (tertiary/aromatic N) is 1. The molecule has 0 spiro atoms. The summed E-state index contributed by atoms with van der Waals surface area (Å²) in [6.07, 6.45) is 27.3. The SMILES string of the molecule is C/C=C1/C=C(C2=CC=CC3c4c5c6c(c7ccccc47)CC=Cc4c-6n(c6ccccc46)C(=CC23)C5)\C=C/[C@H](CC)c2ccccc21. The summed E-state index contributed by atoms with van der Waals surface area (Å²) in [7, 11) is 0. The molecule has 1 aliphatic heterocycles. The van der Waals surface area contributed by atoms with Crippen molar-refractivity contribution in [1.82, 2.24) is 4.57 Å². The standard InChI is InChI=1S/C46H37N/c1-3-28-23-24-30(25-29(4-2)33-14-6-5-13-32(28)33)34-18-11-20-39-41(34)26-31-27-42-44(39)37-17-8-7-15-35(37)38-19-12-21-40-36-16-9-10-22-43(36)47(31)46(40)45(38)42/h4-18,20-26,28,39,41H,3,19,27H2,1-2H3/b24-23-,29-4-,30-25+/t28-,39?,41?/m0/s1. The molecule has 2 bridgehead atoms. The maximum Gasteiger partial charge on any atom is 0.0616 e. The lowest BCUT2D eigenvalue weighted by atomic mass is 9.72. The molecule has 226 valence electrons. The van der Waals surface area contributed by atoms with E-state index in [0.717, 1.165) is 19.3 Å². The van der Waals surface area contributed by atoms with Crippen molar-refractivity contribution in [2.24, 2.45) is 5.92 Å². The molecule has 4 aliphatic carbocycles. The second-order valence-corrected chi connectivity index (χ2v) is 13.7. The first-order chi connectivity index (χ1) is 23.2. The highest BCUT2D eigenvalue weighted by molar-refractivity contribution is 6.08. The van der Waals surface area contributed by atoms with Crippen LogP contribution in [0.3, 0.4) is 0 Å². The van der Waals surface area contributed by atoms with Crippen molar-refractivity contribution >= 4 is 39.0 Å². The lowest BCUT2D eigenvalue weighted by Crippen LogP contribution is -2.17. The van der Waals surface area contributed by atoms with Gasteiger partial charge in [0.15, 0.2) is 0 Å². The first-order valence-corrected chi connectivity index (χ1v) is 17.4. The Labute approximate surface area is 277 Å². The fourth-order valence-corrected chi connectivity index (χ4v) is 9.47. The molecule has 2 unspecified atom stereocenters. The van der Waals surface area contributed by atoms with Gasteiger partial charge in [-0.3, -0.25) is 0 Å². The Morgan fingerprint density at radius 2 is 1.64 bits per heavy atom. The summed E-state index contributed by atoms with van der Waals surface area (Å²) >= 11 is 0. The van der Waals surface area contributed by atoms with E-state index in [2.05, 4.69) is 152 Å². The van der Waals surface area contributed by atoms with Gasteiger partial charge in [0.05, 0.1) is 11.2 Å². The molecule has 0 fully saturated rings. The molecule has 2 heterocycles. The summed E-state index contributed by atoms with van der Waals surface area (Å²) < 4.78 is 2.63. The van der Waals surface area contributed by atoms with Gasteiger partial charge in [-0.1, -0.05) is 128 Å². The molecule has 1 aromatic heterocycles. The molecule has 0 radical (unpaired) electrons. The first kappa shape index (κ1) is 27.0. The lowest BCUT2D eigenvalue weighted by molar-refractivity contribution is 0.675. The second kappa shape index (κ2) is 10.2. The van der Waals surface area contributed by atoms with Crippen molar-refractivity contribution in [3.05, 3.63) is 172 Å².